The normalized spacial score (nSPS) is 25.0. The first-order chi connectivity index (χ1) is 7.03. The molecule has 0 amide bonds. The summed E-state index contributed by atoms with van der Waals surface area (Å²) in [4.78, 5) is 2.31. The maximum absolute atomic E-state index is 5.91. The second-order valence-electron chi connectivity index (χ2n) is 5.14. The lowest BCUT2D eigenvalue weighted by Gasteiger charge is -2.20. The number of ether oxygens (including phenoxy) is 1. The summed E-state index contributed by atoms with van der Waals surface area (Å²) in [6.45, 7) is 10.8. The number of likely N-dealkylation sites (N-methyl/N-ethyl adjacent to an activating group) is 1. The van der Waals surface area contributed by atoms with Gasteiger partial charge in [0.25, 0.3) is 0 Å². The average Bonchev–Trinajstić information content (AvgIpc) is 2.52. The predicted molar refractivity (Wildman–Crippen MR) is 64.2 cm³/mol. The van der Waals surface area contributed by atoms with Gasteiger partial charge in [-0.3, -0.25) is 0 Å². The Balaban J connectivity index is 2.02. The van der Waals surface area contributed by atoms with Gasteiger partial charge in [0, 0.05) is 19.6 Å². The van der Waals surface area contributed by atoms with Crippen LogP contribution in [0.25, 0.3) is 0 Å². The molecule has 15 heavy (non-hydrogen) atoms. The smallest absolute Gasteiger partial charge is 0.0707 e. The summed E-state index contributed by atoms with van der Waals surface area (Å²) in [5.41, 5.74) is 0.104. The Kier molecular flexibility index (Phi) is 5.03. The van der Waals surface area contributed by atoms with E-state index in [9.17, 15) is 0 Å². The minimum Gasteiger partial charge on any atom is -0.371 e. The highest BCUT2D eigenvalue weighted by molar-refractivity contribution is 4.81. The van der Waals surface area contributed by atoms with Gasteiger partial charge in [0.15, 0.2) is 0 Å². The van der Waals surface area contributed by atoms with Crippen molar-refractivity contribution >= 4 is 0 Å². The molecule has 0 spiro atoms. The van der Waals surface area contributed by atoms with Gasteiger partial charge in [0.1, 0.15) is 0 Å². The van der Waals surface area contributed by atoms with E-state index in [0.29, 0.717) is 6.10 Å². The molecule has 0 radical (unpaired) electrons. The fraction of sp³-hybridized carbons (Fsp3) is 1.00. The van der Waals surface area contributed by atoms with Crippen molar-refractivity contribution in [3.8, 4) is 0 Å². The van der Waals surface area contributed by atoms with Gasteiger partial charge in [-0.15, -0.1) is 0 Å². The Morgan fingerprint density at radius 1 is 1.47 bits per heavy atom. The maximum atomic E-state index is 5.91. The second-order valence-corrected chi connectivity index (χ2v) is 5.14. The van der Waals surface area contributed by atoms with Crippen molar-refractivity contribution in [3.05, 3.63) is 0 Å². The van der Waals surface area contributed by atoms with Gasteiger partial charge in [-0.25, -0.2) is 0 Å². The van der Waals surface area contributed by atoms with Gasteiger partial charge in [-0.2, -0.15) is 0 Å². The van der Waals surface area contributed by atoms with Crippen LogP contribution in [0.1, 0.15) is 33.6 Å². The fourth-order valence-electron chi connectivity index (χ4n) is 1.91. The van der Waals surface area contributed by atoms with E-state index >= 15 is 0 Å². The zero-order valence-electron chi connectivity index (χ0n) is 10.7. The molecule has 1 saturated heterocycles. The molecule has 1 aliphatic rings. The first kappa shape index (κ1) is 12.9. The van der Waals surface area contributed by atoms with Crippen LogP contribution >= 0.6 is 0 Å². The van der Waals surface area contributed by atoms with Gasteiger partial charge < -0.3 is 15.0 Å². The van der Waals surface area contributed by atoms with E-state index in [1.54, 1.807) is 0 Å². The molecule has 3 heteroatoms. The van der Waals surface area contributed by atoms with Gasteiger partial charge in [-0.1, -0.05) is 6.92 Å². The first-order valence-corrected chi connectivity index (χ1v) is 6.10. The lowest BCUT2D eigenvalue weighted by Crippen LogP contribution is -2.34. The molecule has 90 valence electrons. The van der Waals surface area contributed by atoms with Crippen LogP contribution in [0, 0.1) is 0 Å². The van der Waals surface area contributed by atoms with Crippen molar-refractivity contribution in [1.82, 2.24) is 10.2 Å². The third-order valence-corrected chi connectivity index (χ3v) is 3.14. The Bertz CT molecular complexity index is 182. The molecule has 1 aliphatic heterocycles. The molecule has 0 aromatic carbocycles. The molecule has 0 aromatic heterocycles. The highest BCUT2D eigenvalue weighted by Crippen LogP contribution is 2.28. The number of nitrogens with zero attached hydrogens (tertiary/aromatic N) is 1. The molecule has 0 aromatic rings. The zero-order chi connectivity index (χ0) is 11.3. The predicted octanol–water partition coefficient (Wildman–Crippen LogP) is 1.49. The summed E-state index contributed by atoms with van der Waals surface area (Å²) in [5.74, 6) is 0. The number of nitrogens with one attached hydrogen (secondary N) is 1. The van der Waals surface area contributed by atoms with Gasteiger partial charge in [-0.05, 0) is 40.3 Å². The molecule has 1 rings (SSSR count). The molecule has 1 fully saturated rings. The van der Waals surface area contributed by atoms with Crippen molar-refractivity contribution in [2.75, 3.05) is 33.2 Å². The molecule has 3 nitrogen and oxygen atoms in total. The summed E-state index contributed by atoms with van der Waals surface area (Å²) >= 11 is 0. The highest BCUT2D eigenvalue weighted by atomic mass is 16.5. The molecular weight excluding hydrogens is 188 g/mol. The quantitative estimate of drug-likeness (QED) is 0.678. The van der Waals surface area contributed by atoms with Crippen molar-refractivity contribution in [3.63, 3.8) is 0 Å². The molecule has 1 unspecified atom stereocenters. The van der Waals surface area contributed by atoms with Crippen molar-refractivity contribution in [2.24, 2.45) is 0 Å². The summed E-state index contributed by atoms with van der Waals surface area (Å²) in [7, 11) is 2.15. The van der Waals surface area contributed by atoms with Crippen molar-refractivity contribution < 1.29 is 4.74 Å². The lowest BCUT2D eigenvalue weighted by atomic mass is 10.1. The minimum atomic E-state index is 0.104. The van der Waals surface area contributed by atoms with Crippen LogP contribution in [-0.2, 0) is 4.74 Å². The second kappa shape index (κ2) is 5.83. The van der Waals surface area contributed by atoms with Crippen LogP contribution in [0.15, 0.2) is 0 Å². The third-order valence-electron chi connectivity index (χ3n) is 3.14. The van der Waals surface area contributed by atoms with Crippen molar-refractivity contribution in [2.45, 2.75) is 45.3 Å². The minimum absolute atomic E-state index is 0.104. The van der Waals surface area contributed by atoms with Crippen LogP contribution in [0.4, 0.5) is 0 Å². The molecule has 1 N–H and O–H groups in total. The topological polar surface area (TPSA) is 24.5 Å². The van der Waals surface area contributed by atoms with Crippen molar-refractivity contribution in [1.29, 1.82) is 0 Å². The highest BCUT2D eigenvalue weighted by Gasteiger charge is 2.30. The Hall–Kier alpha value is -0.120. The first-order valence-electron chi connectivity index (χ1n) is 6.10. The van der Waals surface area contributed by atoms with E-state index in [4.69, 9.17) is 4.74 Å². The van der Waals surface area contributed by atoms with Crippen LogP contribution in [0.2, 0.25) is 0 Å². The fourth-order valence-corrected chi connectivity index (χ4v) is 1.91. The summed E-state index contributed by atoms with van der Waals surface area (Å²) in [6, 6.07) is 0. The average molecular weight is 214 g/mol. The molecule has 1 atom stereocenters. The largest absolute Gasteiger partial charge is 0.371 e. The molecule has 0 aliphatic carbocycles. The van der Waals surface area contributed by atoms with E-state index in [0.717, 1.165) is 26.2 Å². The molecule has 0 saturated carbocycles. The lowest BCUT2D eigenvalue weighted by molar-refractivity contribution is -0.0142. The van der Waals surface area contributed by atoms with E-state index < -0.39 is 0 Å². The van der Waals surface area contributed by atoms with Crippen LogP contribution in [0.3, 0.4) is 0 Å². The summed E-state index contributed by atoms with van der Waals surface area (Å²) < 4.78 is 5.91. The number of hydrogen-bond acceptors (Lipinski definition) is 3. The monoisotopic (exact) mass is 214 g/mol. The van der Waals surface area contributed by atoms with Crippen LogP contribution in [0.5, 0.6) is 0 Å². The van der Waals surface area contributed by atoms with Gasteiger partial charge in [0.05, 0.1) is 11.7 Å². The SMILES string of the molecule is CCN(C)CCNCC1CCC(C)(C)O1. The summed E-state index contributed by atoms with van der Waals surface area (Å²) in [5, 5.41) is 3.46. The van der Waals surface area contributed by atoms with E-state index in [1.807, 2.05) is 0 Å². The standard InChI is InChI=1S/C12H26N2O/c1-5-14(4)9-8-13-10-11-6-7-12(2,3)15-11/h11,13H,5-10H2,1-4H3. The van der Waals surface area contributed by atoms with E-state index in [-0.39, 0.29) is 5.60 Å². The number of rotatable bonds is 6. The molecule has 0 bridgehead atoms. The van der Waals surface area contributed by atoms with E-state index in [2.05, 4.69) is 38.0 Å². The van der Waals surface area contributed by atoms with Gasteiger partial charge >= 0.3 is 0 Å². The summed E-state index contributed by atoms with van der Waals surface area (Å²) in [6.07, 6.45) is 2.81. The Morgan fingerprint density at radius 2 is 2.20 bits per heavy atom. The molecule has 1 heterocycles. The van der Waals surface area contributed by atoms with E-state index in [1.165, 1.54) is 12.8 Å². The Morgan fingerprint density at radius 3 is 2.73 bits per heavy atom. The third kappa shape index (κ3) is 4.96. The van der Waals surface area contributed by atoms with Crippen LogP contribution < -0.4 is 5.32 Å². The van der Waals surface area contributed by atoms with Gasteiger partial charge in [0.2, 0.25) is 0 Å². The van der Waals surface area contributed by atoms with Crippen LogP contribution in [-0.4, -0.2) is 49.8 Å². The molecular formula is C12H26N2O. The maximum Gasteiger partial charge on any atom is 0.0707 e. The Labute approximate surface area is 94.2 Å². The number of hydrogen-bond donors (Lipinski definition) is 1. The zero-order valence-corrected chi connectivity index (χ0v) is 10.7.